The molecule has 1 heterocycles. The average Bonchev–Trinajstić information content (AvgIpc) is 3.13. The molecular formula is C23H20N2O3. The Hall–Kier alpha value is -3.60. The van der Waals surface area contributed by atoms with Crippen molar-refractivity contribution in [2.24, 2.45) is 0 Å². The second kappa shape index (κ2) is 7.96. The maximum Gasteiger partial charge on any atom is 0.257 e. The van der Waals surface area contributed by atoms with Gasteiger partial charge in [-0.25, -0.2) is 0 Å². The third-order valence-electron chi connectivity index (χ3n) is 4.53. The fourth-order valence-corrected chi connectivity index (χ4v) is 3.17. The van der Waals surface area contributed by atoms with Gasteiger partial charge in [0.15, 0.2) is 0 Å². The molecule has 0 atom stereocenters. The molecule has 4 aromatic rings. The van der Waals surface area contributed by atoms with Gasteiger partial charge in [-0.2, -0.15) is 0 Å². The molecule has 0 bridgehead atoms. The Kier molecular flexibility index (Phi) is 5.06. The number of aryl methyl sites for hydroxylation is 1. The minimum Gasteiger partial charge on any atom is -0.491 e. The molecule has 0 aliphatic rings. The molecule has 5 nitrogen and oxygen atoms in total. The van der Waals surface area contributed by atoms with Crippen LogP contribution in [0.15, 0.2) is 77.3 Å². The van der Waals surface area contributed by atoms with E-state index in [1.165, 1.54) is 0 Å². The van der Waals surface area contributed by atoms with Crippen LogP contribution in [0, 0.1) is 6.92 Å². The van der Waals surface area contributed by atoms with E-state index in [2.05, 4.69) is 10.5 Å². The van der Waals surface area contributed by atoms with Crippen LogP contribution in [0.25, 0.3) is 22.0 Å². The van der Waals surface area contributed by atoms with Gasteiger partial charge < -0.3 is 14.6 Å². The van der Waals surface area contributed by atoms with Crippen molar-refractivity contribution in [3.63, 3.8) is 0 Å². The minimum absolute atomic E-state index is 0.223. The Balaban J connectivity index is 1.41. The Morgan fingerprint density at radius 1 is 1.00 bits per heavy atom. The zero-order valence-electron chi connectivity index (χ0n) is 15.5. The number of hydrogen-bond donors (Lipinski definition) is 1. The predicted octanol–water partition coefficient (Wildman–Crippen LogP) is 4.61. The van der Waals surface area contributed by atoms with Crippen LogP contribution in [0.1, 0.15) is 16.1 Å². The molecule has 5 heteroatoms. The van der Waals surface area contributed by atoms with Gasteiger partial charge in [0.25, 0.3) is 5.91 Å². The van der Waals surface area contributed by atoms with Crippen LogP contribution in [0.5, 0.6) is 5.75 Å². The van der Waals surface area contributed by atoms with E-state index >= 15 is 0 Å². The van der Waals surface area contributed by atoms with Crippen molar-refractivity contribution in [3.05, 3.63) is 84.1 Å². The molecule has 28 heavy (non-hydrogen) atoms. The lowest BCUT2D eigenvalue weighted by Crippen LogP contribution is -2.28. The van der Waals surface area contributed by atoms with Crippen LogP contribution < -0.4 is 10.1 Å². The van der Waals surface area contributed by atoms with Gasteiger partial charge in [-0.3, -0.25) is 4.79 Å². The molecule has 0 unspecified atom stereocenters. The van der Waals surface area contributed by atoms with Gasteiger partial charge in [0.1, 0.15) is 29.4 Å². The molecule has 4 rings (SSSR count). The van der Waals surface area contributed by atoms with Gasteiger partial charge in [-0.1, -0.05) is 71.9 Å². The first kappa shape index (κ1) is 17.8. The first-order valence-electron chi connectivity index (χ1n) is 9.14. The second-order valence-corrected chi connectivity index (χ2v) is 6.41. The van der Waals surface area contributed by atoms with Crippen LogP contribution in [0.4, 0.5) is 0 Å². The van der Waals surface area contributed by atoms with Gasteiger partial charge in [-0.15, -0.1) is 0 Å². The number of benzene rings is 3. The minimum atomic E-state index is -0.223. The number of carbonyl (C=O) groups is 1. The van der Waals surface area contributed by atoms with Crippen LogP contribution in [0.3, 0.4) is 0 Å². The normalized spacial score (nSPS) is 10.8. The average molecular weight is 372 g/mol. The number of nitrogens with one attached hydrogen (secondary N) is 1. The Morgan fingerprint density at radius 3 is 2.61 bits per heavy atom. The van der Waals surface area contributed by atoms with E-state index in [-0.39, 0.29) is 5.91 Å². The van der Waals surface area contributed by atoms with Crippen molar-refractivity contribution in [3.8, 4) is 17.0 Å². The monoisotopic (exact) mass is 372 g/mol. The van der Waals surface area contributed by atoms with E-state index in [0.717, 1.165) is 22.1 Å². The quantitative estimate of drug-likeness (QED) is 0.502. The fourth-order valence-electron chi connectivity index (χ4n) is 3.17. The molecule has 0 aliphatic heterocycles. The summed E-state index contributed by atoms with van der Waals surface area (Å²) in [5, 5.41) is 9.12. The summed E-state index contributed by atoms with van der Waals surface area (Å²) in [5.41, 5.74) is 1.85. The summed E-state index contributed by atoms with van der Waals surface area (Å²) in [6.45, 7) is 2.48. The number of carbonyl (C=O) groups excluding carboxylic acids is 1. The third-order valence-corrected chi connectivity index (χ3v) is 4.53. The molecule has 0 spiro atoms. The van der Waals surface area contributed by atoms with Crippen LogP contribution in [-0.2, 0) is 0 Å². The molecule has 0 saturated heterocycles. The zero-order chi connectivity index (χ0) is 19.3. The fraction of sp³-hybridized carbons (Fsp3) is 0.130. The van der Waals surface area contributed by atoms with Crippen molar-refractivity contribution in [1.82, 2.24) is 10.5 Å². The van der Waals surface area contributed by atoms with E-state index < -0.39 is 0 Å². The van der Waals surface area contributed by atoms with E-state index in [1.807, 2.05) is 72.8 Å². The SMILES string of the molecule is Cc1onc(-c2ccccc2)c1C(=O)NCCOc1cccc2ccccc12. The molecule has 1 amide bonds. The largest absolute Gasteiger partial charge is 0.491 e. The van der Waals surface area contributed by atoms with Gasteiger partial charge in [0.2, 0.25) is 0 Å². The maximum absolute atomic E-state index is 12.7. The van der Waals surface area contributed by atoms with Gasteiger partial charge >= 0.3 is 0 Å². The Morgan fingerprint density at radius 2 is 1.75 bits per heavy atom. The summed E-state index contributed by atoms with van der Waals surface area (Å²) in [6.07, 6.45) is 0. The molecule has 3 aromatic carbocycles. The number of amides is 1. The van der Waals surface area contributed by atoms with Crippen molar-refractivity contribution in [2.75, 3.05) is 13.2 Å². The third kappa shape index (κ3) is 3.60. The highest BCUT2D eigenvalue weighted by atomic mass is 16.5. The Labute approximate surface area is 162 Å². The van der Waals surface area contributed by atoms with Crippen LogP contribution in [0.2, 0.25) is 0 Å². The first-order valence-corrected chi connectivity index (χ1v) is 9.14. The van der Waals surface area contributed by atoms with Crippen molar-refractivity contribution in [2.45, 2.75) is 6.92 Å². The number of nitrogens with zero attached hydrogens (tertiary/aromatic N) is 1. The second-order valence-electron chi connectivity index (χ2n) is 6.41. The van der Waals surface area contributed by atoms with Crippen LogP contribution >= 0.6 is 0 Å². The molecule has 1 N–H and O–H groups in total. The molecule has 0 saturated carbocycles. The highest BCUT2D eigenvalue weighted by molar-refractivity contribution is 6.00. The maximum atomic E-state index is 12.7. The lowest BCUT2D eigenvalue weighted by molar-refractivity contribution is 0.0946. The molecular weight excluding hydrogens is 352 g/mol. The molecule has 0 fully saturated rings. The van der Waals surface area contributed by atoms with Crippen molar-refractivity contribution in [1.29, 1.82) is 0 Å². The first-order chi connectivity index (χ1) is 13.7. The zero-order valence-corrected chi connectivity index (χ0v) is 15.5. The molecule has 1 aromatic heterocycles. The number of hydrogen-bond acceptors (Lipinski definition) is 4. The topological polar surface area (TPSA) is 64.4 Å². The van der Waals surface area contributed by atoms with Crippen LogP contribution in [-0.4, -0.2) is 24.2 Å². The molecule has 140 valence electrons. The Bertz CT molecular complexity index is 1100. The summed E-state index contributed by atoms with van der Waals surface area (Å²) in [4.78, 5) is 12.7. The van der Waals surface area contributed by atoms with Gasteiger partial charge in [0, 0.05) is 10.9 Å². The van der Waals surface area contributed by atoms with E-state index in [4.69, 9.17) is 9.26 Å². The number of fused-ring (bicyclic) bond motifs is 1. The smallest absolute Gasteiger partial charge is 0.257 e. The number of rotatable bonds is 6. The highest BCUT2D eigenvalue weighted by Gasteiger charge is 2.21. The predicted molar refractivity (Wildman–Crippen MR) is 108 cm³/mol. The van der Waals surface area contributed by atoms with E-state index in [1.54, 1.807) is 6.92 Å². The summed E-state index contributed by atoms with van der Waals surface area (Å²) in [6, 6.07) is 23.5. The molecule has 0 radical (unpaired) electrons. The summed E-state index contributed by atoms with van der Waals surface area (Å²) in [7, 11) is 0. The van der Waals surface area contributed by atoms with Crippen molar-refractivity contribution >= 4 is 16.7 Å². The van der Waals surface area contributed by atoms with Gasteiger partial charge in [-0.05, 0) is 18.4 Å². The van der Waals surface area contributed by atoms with E-state index in [0.29, 0.717) is 30.2 Å². The number of ether oxygens (including phenoxy) is 1. The standard InChI is InChI=1S/C23H20N2O3/c1-16-21(22(25-28-16)18-9-3-2-4-10-18)23(26)24-14-15-27-20-13-7-11-17-8-5-6-12-19(17)20/h2-13H,14-15H2,1H3,(H,24,26). The summed E-state index contributed by atoms with van der Waals surface area (Å²) < 4.78 is 11.1. The lowest BCUT2D eigenvalue weighted by atomic mass is 10.1. The summed E-state index contributed by atoms with van der Waals surface area (Å²) in [5.74, 6) is 1.07. The lowest BCUT2D eigenvalue weighted by Gasteiger charge is -2.10. The molecule has 0 aliphatic carbocycles. The number of aromatic nitrogens is 1. The summed E-state index contributed by atoms with van der Waals surface area (Å²) >= 11 is 0. The van der Waals surface area contributed by atoms with E-state index in [9.17, 15) is 4.79 Å². The van der Waals surface area contributed by atoms with Gasteiger partial charge in [0.05, 0.1) is 6.54 Å². The van der Waals surface area contributed by atoms with Crippen molar-refractivity contribution < 1.29 is 14.1 Å². The highest BCUT2D eigenvalue weighted by Crippen LogP contribution is 2.26.